The quantitative estimate of drug-likeness (QED) is 0.823. The zero-order valence-electron chi connectivity index (χ0n) is 10.4. The van der Waals surface area contributed by atoms with Gasteiger partial charge in [-0.25, -0.2) is 0 Å². The van der Waals surface area contributed by atoms with Gasteiger partial charge in [-0.2, -0.15) is 5.10 Å². The third-order valence-electron chi connectivity index (χ3n) is 2.85. The van der Waals surface area contributed by atoms with E-state index in [1.165, 1.54) is 11.8 Å². The summed E-state index contributed by atoms with van der Waals surface area (Å²) in [5.41, 5.74) is 0. The van der Waals surface area contributed by atoms with Crippen LogP contribution in [-0.2, 0) is 11.8 Å². The largest absolute Gasteiger partial charge is 0.481 e. The Morgan fingerprint density at radius 1 is 1.53 bits per heavy atom. The molecule has 0 amide bonds. The fourth-order valence-corrected chi connectivity index (χ4v) is 2.51. The summed E-state index contributed by atoms with van der Waals surface area (Å²) >= 11 is 1.17. The van der Waals surface area contributed by atoms with Gasteiger partial charge in [0.05, 0.1) is 5.75 Å². The van der Waals surface area contributed by atoms with Crippen molar-refractivity contribution in [1.82, 2.24) is 24.5 Å². The molecule has 100 valence electrons. The molecule has 2 aromatic heterocycles. The van der Waals surface area contributed by atoms with E-state index in [1.54, 1.807) is 4.68 Å². The van der Waals surface area contributed by atoms with E-state index in [2.05, 4.69) is 15.3 Å². The molecule has 7 nitrogen and oxygen atoms in total. The molecule has 1 N–H and O–H groups in total. The Kier molecular flexibility index (Phi) is 3.02. The summed E-state index contributed by atoms with van der Waals surface area (Å²) < 4.78 is 3.57. The first kappa shape index (κ1) is 12.2. The lowest BCUT2D eigenvalue weighted by molar-refractivity contribution is -0.133. The second-order valence-electron chi connectivity index (χ2n) is 4.48. The number of carbonyl (C=O) groups is 1. The topological polar surface area (TPSA) is 85.8 Å². The molecule has 2 aromatic rings. The molecule has 0 radical (unpaired) electrons. The average molecular weight is 279 g/mol. The van der Waals surface area contributed by atoms with Crippen molar-refractivity contribution in [3.05, 3.63) is 18.1 Å². The summed E-state index contributed by atoms with van der Waals surface area (Å²) in [5, 5.41) is 22.0. The lowest BCUT2D eigenvalue weighted by Crippen LogP contribution is -2.05. The molecule has 19 heavy (non-hydrogen) atoms. The Balaban J connectivity index is 1.97. The maximum absolute atomic E-state index is 10.7. The van der Waals surface area contributed by atoms with E-state index in [0.717, 1.165) is 24.5 Å². The molecule has 1 aliphatic rings. The molecule has 0 aromatic carbocycles. The molecule has 3 rings (SSSR count). The first-order valence-corrected chi connectivity index (χ1v) is 6.93. The maximum atomic E-state index is 10.7. The summed E-state index contributed by atoms with van der Waals surface area (Å²) in [6.07, 6.45) is 4.06. The van der Waals surface area contributed by atoms with Crippen LogP contribution in [0, 0.1) is 0 Å². The lowest BCUT2D eigenvalue weighted by Gasteiger charge is -2.05. The van der Waals surface area contributed by atoms with Crippen molar-refractivity contribution in [3.8, 4) is 5.82 Å². The summed E-state index contributed by atoms with van der Waals surface area (Å²) in [6, 6.07) is 1.88. The van der Waals surface area contributed by atoms with Gasteiger partial charge in [-0.1, -0.05) is 11.8 Å². The van der Waals surface area contributed by atoms with Gasteiger partial charge >= 0.3 is 5.97 Å². The molecule has 8 heteroatoms. The Morgan fingerprint density at radius 2 is 2.32 bits per heavy atom. The Labute approximate surface area is 113 Å². The highest BCUT2D eigenvalue weighted by Crippen LogP contribution is 2.40. The Morgan fingerprint density at radius 3 is 2.89 bits per heavy atom. The van der Waals surface area contributed by atoms with Gasteiger partial charge in [0, 0.05) is 25.2 Å². The second-order valence-corrected chi connectivity index (χ2v) is 5.42. The molecule has 0 spiro atoms. The van der Waals surface area contributed by atoms with E-state index in [-0.39, 0.29) is 5.75 Å². The van der Waals surface area contributed by atoms with Crippen molar-refractivity contribution in [1.29, 1.82) is 0 Å². The van der Waals surface area contributed by atoms with Crippen molar-refractivity contribution < 1.29 is 9.90 Å². The van der Waals surface area contributed by atoms with E-state index in [1.807, 2.05) is 23.9 Å². The van der Waals surface area contributed by atoms with Crippen LogP contribution in [-0.4, -0.2) is 41.4 Å². The van der Waals surface area contributed by atoms with Crippen LogP contribution in [0.15, 0.2) is 17.4 Å². The normalized spacial score (nSPS) is 14.8. The smallest absolute Gasteiger partial charge is 0.313 e. The SMILES string of the molecule is Cn1ccc(-n2c(SCC(=O)O)nnc2C2CC2)n1. The monoisotopic (exact) mass is 279 g/mol. The van der Waals surface area contributed by atoms with Gasteiger partial charge in [0.15, 0.2) is 11.0 Å². The van der Waals surface area contributed by atoms with Crippen molar-refractivity contribution >= 4 is 17.7 Å². The third-order valence-corrected chi connectivity index (χ3v) is 3.77. The van der Waals surface area contributed by atoms with E-state index >= 15 is 0 Å². The van der Waals surface area contributed by atoms with Crippen LogP contribution in [0.5, 0.6) is 0 Å². The van der Waals surface area contributed by atoms with E-state index in [9.17, 15) is 4.79 Å². The van der Waals surface area contributed by atoms with Gasteiger partial charge < -0.3 is 5.11 Å². The summed E-state index contributed by atoms with van der Waals surface area (Å²) in [7, 11) is 1.84. The predicted octanol–water partition coefficient (Wildman–Crippen LogP) is 1.05. The molecule has 0 aliphatic heterocycles. The number of hydrogen-bond acceptors (Lipinski definition) is 5. The zero-order chi connectivity index (χ0) is 13.4. The molecular formula is C11H13N5O2S. The first-order valence-electron chi connectivity index (χ1n) is 5.95. The number of aliphatic carboxylic acids is 1. The third kappa shape index (κ3) is 2.48. The fourth-order valence-electron chi connectivity index (χ4n) is 1.84. The van der Waals surface area contributed by atoms with Crippen LogP contribution in [0.1, 0.15) is 24.6 Å². The van der Waals surface area contributed by atoms with Crippen LogP contribution >= 0.6 is 11.8 Å². The van der Waals surface area contributed by atoms with Crippen LogP contribution in [0.25, 0.3) is 5.82 Å². The van der Waals surface area contributed by atoms with Crippen molar-refractivity contribution in [3.63, 3.8) is 0 Å². The van der Waals surface area contributed by atoms with E-state index < -0.39 is 5.97 Å². The highest BCUT2D eigenvalue weighted by molar-refractivity contribution is 7.99. The van der Waals surface area contributed by atoms with Crippen LogP contribution in [0.4, 0.5) is 0 Å². The minimum absolute atomic E-state index is 0.0321. The zero-order valence-corrected chi connectivity index (χ0v) is 11.2. The van der Waals surface area contributed by atoms with Gasteiger partial charge in [0.1, 0.15) is 5.82 Å². The van der Waals surface area contributed by atoms with Gasteiger partial charge in [-0.3, -0.25) is 14.0 Å². The minimum atomic E-state index is -0.867. The number of nitrogens with zero attached hydrogens (tertiary/aromatic N) is 5. The highest BCUT2D eigenvalue weighted by atomic mass is 32.2. The summed E-state index contributed by atoms with van der Waals surface area (Å²) in [4.78, 5) is 10.7. The molecule has 0 saturated heterocycles. The second kappa shape index (κ2) is 4.69. The lowest BCUT2D eigenvalue weighted by atomic mass is 10.4. The molecular weight excluding hydrogens is 266 g/mol. The molecule has 0 bridgehead atoms. The number of hydrogen-bond donors (Lipinski definition) is 1. The van der Waals surface area contributed by atoms with E-state index in [4.69, 9.17) is 5.11 Å². The van der Waals surface area contributed by atoms with Crippen molar-refractivity contribution in [2.45, 2.75) is 23.9 Å². The molecule has 0 unspecified atom stereocenters. The number of rotatable bonds is 5. The number of aryl methyl sites for hydroxylation is 1. The van der Waals surface area contributed by atoms with Crippen LogP contribution in [0.2, 0.25) is 0 Å². The number of carboxylic acids is 1. The van der Waals surface area contributed by atoms with Gasteiger partial charge in [-0.05, 0) is 12.8 Å². The number of carboxylic acid groups (broad SMARTS) is 1. The highest BCUT2D eigenvalue weighted by Gasteiger charge is 2.31. The average Bonchev–Trinajstić information content (AvgIpc) is 2.98. The molecule has 0 atom stereocenters. The standard InChI is InChI=1S/C11H13N5O2S/c1-15-5-4-8(14-15)16-10(7-2-3-7)12-13-11(16)19-6-9(17)18/h4-5,7H,2-3,6H2,1H3,(H,17,18). The minimum Gasteiger partial charge on any atom is -0.481 e. The van der Waals surface area contributed by atoms with Crippen LogP contribution in [0.3, 0.4) is 0 Å². The Hall–Kier alpha value is -1.83. The molecule has 1 fully saturated rings. The Bertz CT molecular complexity index is 616. The summed E-state index contributed by atoms with van der Waals surface area (Å²) in [5.74, 6) is 1.14. The first-order chi connectivity index (χ1) is 9.15. The van der Waals surface area contributed by atoms with Crippen molar-refractivity contribution in [2.75, 3.05) is 5.75 Å². The molecule has 1 saturated carbocycles. The van der Waals surface area contributed by atoms with Crippen molar-refractivity contribution in [2.24, 2.45) is 7.05 Å². The number of thioether (sulfide) groups is 1. The molecule has 1 aliphatic carbocycles. The summed E-state index contributed by atoms with van der Waals surface area (Å²) in [6.45, 7) is 0. The van der Waals surface area contributed by atoms with Crippen LogP contribution < -0.4 is 0 Å². The van der Waals surface area contributed by atoms with Gasteiger partial charge in [0.2, 0.25) is 0 Å². The molecule has 2 heterocycles. The van der Waals surface area contributed by atoms with Gasteiger partial charge in [0.25, 0.3) is 0 Å². The fraction of sp³-hybridized carbons (Fsp3) is 0.455. The van der Waals surface area contributed by atoms with E-state index in [0.29, 0.717) is 11.1 Å². The van der Waals surface area contributed by atoms with Gasteiger partial charge in [-0.15, -0.1) is 10.2 Å². The predicted molar refractivity (Wildman–Crippen MR) is 68.5 cm³/mol. The number of aromatic nitrogens is 5. The maximum Gasteiger partial charge on any atom is 0.313 e.